The van der Waals surface area contributed by atoms with E-state index in [1.54, 1.807) is 36.4 Å². The zero-order valence-corrected chi connectivity index (χ0v) is 15.1. The molecule has 0 bridgehead atoms. The van der Waals surface area contributed by atoms with Crippen molar-refractivity contribution in [3.8, 4) is 11.5 Å². The molecule has 25 heavy (non-hydrogen) atoms. The summed E-state index contributed by atoms with van der Waals surface area (Å²) in [7, 11) is 0. The predicted octanol–water partition coefficient (Wildman–Crippen LogP) is 2.45. The Morgan fingerprint density at radius 1 is 0.920 bits per heavy atom. The minimum Gasteiger partial charge on any atom is -0.508 e. The van der Waals surface area contributed by atoms with Gasteiger partial charge in [0.05, 0.1) is 13.2 Å². The van der Waals surface area contributed by atoms with Crippen LogP contribution in [0.15, 0.2) is 48.5 Å². The highest BCUT2D eigenvalue weighted by molar-refractivity contribution is 9.09. The van der Waals surface area contributed by atoms with E-state index >= 15 is 0 Å². The molecular formula is C18H21BrO6. The van der Waals surface area contributed by atoms with Gasteiger partial charge in [0.25, 0.3) is 0 Å². The van der Waals surface area contributed by atoms with Crippen molar-refractivity contribution in [1.82, 2.24) is 0 Å². The second-order valence-corrected chi connectivity index (χ2v) is 5.18. The molecule has 0 saturated heterocycles. The summed E-state index contributed by atoms with van der Waals surface area (Å²) in [5.74, 6) is 0.730. The number of aliphatic hydroxyl groups is 2. The van der Waals surface area contributed by atoms with E-state index in [1.165, 1.54) is 12.1 Å². The lowest BCUT2D eigenvalue weighted by atomic mass is 10.2. The van der Waals surface area contributed by atoms with E-state index in [0.717, 1.165) is 6.29 Å². The number of benzene rings is 2. The molecule has 0 unspecified atom stereocenters. The van der Waals surface area contributed by atoms with E-state index in [2.05, 4.69) is 15.9 Å². The van der Waals surface area contributed by atoms with Crippen LogP contribution in [0.2, 0.25) is 0 Å². The molecule has 2 rings (SSSR count). The van der Waals surface area contributed by atoms with Crippen molar-refractivity contribution in [3.05, 3.63) is 59.7 Å². The molecule has 0 radical (unpaired) electrons. The molecule has 6 nitrogen and oxygen atoms in total. The number of rotatable bonds is 6. The average molecular weight is 413 g/mol. The number of hydrogen-bond acceptors (Lipinski definition) is 6. The quantitative estimate of drug-likeness (QED) is 0.497. The van der Waals surface area contributed by atoms with Crippen LogP contribution in [0.1, 0.15) is 20.7 Å². The highest BCUT2D eigenvalue weighted by Gasteiger charge is 1.94. The van der Waals surface area contributed by atoms with E-state index in [9.17, 15) is 9.59 Å². The molecule has 0 atom stereocenters. The molecule has 0 aromatic heterocycles. The van der Waals surface area contributed by atoms with Crippen LogP contribution in [0.25, 0.3) is 0 Å². The second kappa shape index (κ2) is 15.3. The topological polar surface area (TPSA) is 104 Å². The monoisotopic (exact) mass is 412 g/mol. The van der Waals surface area contributed by atoms with E-state index in [1.807, 2.05) is 0 Å². The first-order valence-corrected chi connectivity index (χ1v) is 8.43. The minimum absolute atomic E-state index is 0.0225. The van der Waals surface area contributed by atoms with Crippen LogP contribution in [0.3, 0.4) is 0 Å². The van der Waals surface area contributed by atoms with E-state index < -0.39 is 0 Å². The van der Waals surface area contributed by atoms with E-state index in [0.29, 0.717) is 28.5 Å². The fraction of sp³-hybridized carbons (Fsp3) is 0.222. The minimum atomic E-state index is -0.0225. The van der Waals surface area contributed by atoms with Gasteiger partial charge in [0, 0.05) is 16.5 Å². The summed E-state index contributed by atoms with van der Waals surface area (Å²) in [6.45, 7) is 0.466. The summed E-state index contributed by atoms with van der Waals surface area (Å²) < 4.78 is 5.09. The van der Waals surface area contributed by atoms with E-state index in [4.69, 9.17) is 20.1 Å². The third kappa shape index (κ3) is 11.9. The molecule has 7 heteroatoms. The predicted molar refractivity (Wildman–Crippen MR) is 98.8 cm³/mol. The molecule has 0 spiro atoms. The van der Waals surface area contributed by atoms with Gasteiger partial charge in [0.15, 0.2) is 0 Å². The first kappa shape index (κ1) is 22.8. The smallest absolute Gasteiger partial charge is 0.150 e. The molecule has 0 saturated carbocycles. The van der Waals surface area contributed by atoms with Crippen molar-refractivity contribution in [3.63, 3.8) is 0 Å². The Bertz CT molecular complexity index is 616. The number of aromatic hydroxyl groups is 1. The summed E-state index contributed by atoms with van der Waals surface area (Å²) in [5.41, 5.74) is 1.07. The van der Waals surface area contributed by atoms with Gasteiger partial charge in [-0.1, -0.05) is 40.2 Å². The largest absolute Gasteiger partial charge is 0.508 e. The SMILES string of the molecule is O=Cc1cccc(O)c1.O=Cc1cccc(OCCO)c1.OCCBr. The number of halogens is 1. The van der Waals surface area contributed by atoms with Crippen LogP contribution in [0.4, 0.5) is 0 Å². The van der Waals surface area contributed by atoms with Gasteiger partial charge in [-0.15, -0.1) is 0 Å². The van der Waals surface area contributed by atoms with Crippen LogP contribution < -0.4 is 4.74 Å². The molecule has 2 aromatic carbocycles. The molecule has 136 valence electrons. The Morgan fingerprint density at radius 3 is 1.92 bits per heavy atom. The summed E-state index contributed by atoms with van der Waals surface area (Å²) in [4.78, 5) is 20.4. The van der Waals surface area contributed by atoms with Crippen LogP contribution in [0.5, 0.6) is 11.5 Å². The maximum Gasteiger partial charge on any atom is 0.150 e. The lowest BCUT2D eigenvalue weighted by Crippen LogP contribution is -2.01. The maximum absolute atomic E-state index is 10.3. The lowest BCUT2D eigenvalue weighted by Gasteiger charge is -2.03. The van der Waals surface area contributed by atoms with Gasteiger partial charge in [0.1, 0.15) is 30.7 Å². The second-order valence-electron chi connectivity index (χ2n) is 4.39. The van der Waals surface area contributed by atoms with Crippen LogP contribution in [-0.2, 0) is 0 Å². The first-order chi connectivity index (χ1) is 12.1. The number of phenolic OH excluding ortho intramolecular Hbond substituents is 1. The summed E-state index contributed by atoms with van der Waals surface area (Å²) in [5, 5.41) is 25.8. The Balaban J connectivity index is 0.000000391. The van der Waals surface area contributed by atoms with Gasteiger partial charge < -0.3 is 20.1 Å². The number of hydrogen-bond donors (Lipinski definition) is 3. The number of carbonyl (C=O) groups excluding carboxylic acids is 2. The van der Waals surface area contributed by atoms with Gasteiger partial charge in [0.2, 0.25) is 0 Å². The molecule has 0 heterocycles. The molecule has 0 fully saturated rings. The van der Waals surface area contributed by atoms with Crippen LogP contribution in [-0.4, -0.2) is 53.0 Å². The Hall–Kier alpha value is -2.22. The number of aldehydes is 2. The fourth-order valence-electron chi connectivity index (χ4n) is 1.44. The third-order valence-electron chi connectivity index (χ3n) is 2.44. The molecule has 0 aliphatic heterocycles. The maximum atomic E-state index is 10.3. The summed E-state index contributed by atoms with van der Waals surface area (Å²) >= 11 is 3.00. The zero-order chi connectivity index (χ0) is 18.9. The van der Waals surface area contributed by atoms with Crippen molar-refractivity contribution in [2.75, 3.05) is 25.2 Å². The number of alkyl halides is 1. The number of carbonyl (C=O) groups is 2. The Labute approximate surface area is 154 Å². The summed E-state index contributed by atoms with van der Waals surface area (Å²) in [6.07, 6.45) is 1.45. The van der Waals surface area contributed by atoms with Crippen molar-refractivity contribution in [1.29, 1.82) is 0 Å². The molecule has 2 aromatic rings. The van der Waals surface area contributed by atoms with Crippen LogP contribution >= 0.6 is 15.9 Å². The standard InChI is InChI=1S/C9H10O3.C7H6O2.C2H5BrO/c10-4-5-12-9-3-1-2-8(6-9)7-11;8-5-6-2-1-3-7(9)4-6;3-1-2-4/h1-3,6-7,10H,4-5H2;1-5,9H;4H,1-2H2. The first-order valence-electron chi connectivity index (χ1n) is 7.31. The summed E-state index contributed by atoms with van der Waals surface area (Å²) in [6, 6.07) is 13.0. The van der Waals surface area contributed by atoms with Gasteiger partial charge in [-0.2, -0.15) is 0 Å². The van der Waals surface area contributed by atoms with Gasteiger partial charge in [-0.05, 0) is 24.3 Å². The zero-order valence-electron chi connectivity index (χ0n) is 13.5. The highest BCUT2D eigenvalue weighted by atomic mass is 79.9. The number of aliphatic hydroxyl groups excluding tert-OH is 2. The molecular weight excluding hydrogens is 392 g/mol. The van der Waals surface area contributed by atoms with Gasteiger partial charge >= 0.3 is 0 Å². The molecule has 0 aliphatic carbocycles. The highest BCUT2D eigenvalue weighted by Crippen LogP contribution is 2.11. The average Bonchev–Trinajstić information content (AvgIpc) is 2.67. The number of phenols is 1. The molecule has 0 aliphatic rings. The number of ether oxygens (including phenoxy) is 1. The lowest BCUT2D eigenvalue weighted by molar-refractivity contribution is 0.111. The molecule has 3 N–H and O–H groups in total. The van der Waals surface area contributed by atoms with Crippen molar-refractivity contribution < 1.29 is 29.6 Å². The van der Waals surface area contributed by atoms with Crippen molar-refractivity contribution >= 4 is 28.5 Å². The molecule has 0 amide bonds. The Morgan fingerprint density at radius 2 is 1.48 bits per heavy atom. The van der Waals surface area contributed by atoms with Crippen molar-refractivity contribution in [2.45, 2.75) is 0 Å². The van der Waals surface area contributed by atoms with E-state index in [-0.39, 0.29) is 25.6 Å². The van der Waals surface area contributed by atoms with Crippen molar-refractivity contribution in [2.24, 2.45) is 0 Å². The van der Waals surface area contributed by atoms with Gasteiger partial charge in [-0.3, -0.25) is 9.59 Å². The normalized spacial score (nSPS) is 8.92. The third-order valence-corrected chi connectivity index (χ3v) is 2.80. The van der Waals surface area contributed by atoms with Gasteiger partial charge in [-0.25, -0.2) is 0 Å². The fourth-order valence-corrected chi connectivity index (χ4v) is 1.44. The van der Waals surface area contributed by atoms with Crippen LogP contribution in [0, 0.1) is 0 Å². The Kier molecular flexibility index (Phi) is 14.0.